The zero-order valence-corrected chi connectivity index (χ0v) is 15.6. The van der Waals surface area contributed by atoms with Crippen LogP contribution in [0, 0.1) is 11.8 Å². The van der Waals surface area contributed by atoms with Crippen LogP contribution in [0.25, 0.3) is 0 Å². The maximum absolute atomic E-state index is 12.9. The molecule has 0 spiro atoms. The Hall–Kier alpha value is -2.62. The van der Waals surface area contributed by atoms with Crippen LogP contribution >= 0.6 is 0 Å². The van der Waals surface area contributed by atoms with Gasteiger partial charge in [-0.05, 0) is 67.3 Å². The summed E-state index contributed by atoms with van der Waals surface area (Å²) in [6.45, 7) is 2.27. The fraction of sp³-hybridized carbons (Fsp3) is 0.391. The van der Waals surface area contributed by atoms with Crippen molar-refractivity contribution in [2.75, 3.05) is 13.1 Å². The Morgan fingerprint density at radius 3 is 2.00 bits per heavy atom. The summed E-state index contributed by atoms with van der Waals surface area (Å²) in [5, 5.41) is 2.92. The van der Waals surface area contributed by atoms with E-state index in [0.29, 0.717) is 23.9 Å². The number of carbonyl (C=O) groups is 2. The van der Waals surface area contributed by atoms with Gasteiger partial charge in [0.2, 0.25) is 0 Å². The van der Waals surface area contributed by atoms with E-state index in [1.54, 1.807) is 12.1 Å². The van der Waals surface area contributed by atoms with Crippen LogP contribution in [0.1, 0.15) is 52.0 Å². The lowest BCUT2D eigenvalue weighted by Gasteiger charge is -2.23. The Bertz CT molecular complexity index is 779. The molecule has 1 N–H and O–H groups in total. The molecule has 0 aromatic heterocycles. The molecule has 2 aromatic carbocycles. The average Bonchev–Trinajstić information content (AvgIpc) is 3.06. The molecule has 1 saturated carbocycles. The number of hydrogen-bond acceptors (Lipinski definition) is 2. The molecule has 2 bridgehead atoms. The Labute approximate surface area is 160 Å². The summed E-state index contributed by atoms with van der Waals surface area (Å²) in [6.07, 6.45) is 5.09. The molecular weight excluding hydrogens is 336 g/mol. The molecule has 0 radical (unpaired) electrons. The first-order valence-corrected chi connectivity index (χ1v) is 9.90. The molecule has 4 nitrogen and oxygen atoms in total. The van der Waals surface area contributed by atoms with Crippen LogP contribution in [0.3, 0.4) is 0 Å². The molecular formula is C23H26N2O2. The zero-order chi connectivity index (χ0) is 18.6. The number of benzene rings is 2. The van der Waals surface area contributed by atoms with Gasteiger partial charge in [-0.1, -0.05) is 30.3 Å². The second kappa shape index (κ2) is 7.95. The summed E-state index contributed by atoms with van der Waals surface area (Å²) in [6, 6.07) is 16.8. The zero-order valence-electron chi connectivity index (χ0n) is 15.6. The minimum Gasteiger partial charge on any atom is -0.348 e. The van der Waals surface area contributed by atoms with Gasteiger partial charge in [-0.2, -0.15) is 0 Å². The van der Waals surface area contributed by atoms with Crippen LogP contribution < -0.4 is 5.32 Å². The quantitative estimate of drug-likeness (QED) is 0.897. The van der Waals surface area contributed by atoms with E-state index in [2.05, 4.69) is 10.2 Å². The molecule has 4 heteroatoms. The molecule has 3 fully saturated rings. The Morgan fingerprint density at radius 1 is 0.815 bits per heavy atom. The third kappa shape index (κ3) is 4.21. The SMILES string of the molecule is O=C(NCc1ccc(C(=O)N2CC3CCC(CC3)C2)cc1)c1ccccc1. The van der Waals surface area contributed by atoms with Crippen LogP contribution in [0.5, 0.6) is 0 Å². The molecule has 2 heterocycles. The maximum atomic E-state index is 12.9. The van der Waals surface area contributed by atoms with E-state index in [4.69, 9.17) is 0 Å². The van der Waals surface area contributed by atoms with Gasteiger partial charge in [-0.25, -0.2) is 0 Å². The molecule has 2 aromatic rings. The fourth-order valence-corrected chi connectivity index (χ4v) is 4.28. The smallest absolute Gasteiger partial charge is 0.253 e. The number of carbonyl (C=O) groups excluding carboxylic acids is 2. The summed E-state index contributed by atoms with van der Waals surface area (Å²) in [5.41, 5.74) is 2.39. The van der Waals surface area contributed by atoms with Crippen molar-refractivity contribution in [3.05, 3.63) is 71.3 Å². The summed E-state index contributed by atoms with van der Waals surface area (Å²) >= 11 is 0. The Balaban J connectivity index is 1.36. The first kappa shape index (κ1) is 17.8. The molecule has 140 valence electrons. The lowest BCUT2D eigenvalue weighted by atomic mass is 9.84. The van der Waals surface area contributed by atoms with Gasteiger partial charge < -0.3 is 10.2 Å². The summed E-state index contributed by atoms with van der Waals surface area (Å²) < 4.78 is 0. The van der Waals surface area contributed by atoms with Crippen LogP contribution in [-0.4, -0.2) is 29.8 Å². The Morgan fingerprint density at radius 2 is 1.41 bits per heavy atom. The van der Waals surface area contributed by atoms with Crippen molar-refractivity contribution in [1.29, 1.82) is 0 Å². The molecule has 3 aliphatic rings. The first-order valence-electron chi connectivity index (χ1n) is 9.90. The van der Waals surface area contributed by atoms with Crippen molar-refractivity contribution < 1.29 is 9.59 Å². The minimum atomic E-state index is -0.0872. The number of hydrogen-bond donors (Lipinski definition) is 1. The van der Waals surface area contributed by atoms with Crippen molar-refractivity contribution in [2.45, 2.75) is 32.2 Å². The largest absolute Gasteiger partial charge is 0.348 e. The first-order chi connectivity index (χ1) is 13.2. The van der Waals surface area contributed by atoms with Gasteiger partial charge in [0.15, 0.2) is 0 Å². The summed E-state index contributed by atoms with van der Waals surface area (Å²) in [7, 11) is 0. The molecule has 0 atom stereocenters. The normalized spacial score (nSPS) is 21.6. The van der Waals surface area contributed by atoms with Gasteiger partial charge in [0.25, 0.3) is 11.8 Å². The van der Waals surface area contributed by atoms with Gasteiger partial charge in [-0.3, -0.25) is 9.59 Å². The van der Waals surface area contributed by atoms with Crippen LogP contribution in [0.4, 0.5) is 0 Å². The van der Waals surface area contributed by atoms with Crippen molar-refractivity contribution in [3.63, 3.8) is 0 Å². The van der Waals surface area contributed by atoms with Gasteiger partial charge in [0, 0.05) is 30.8 Å². The van der Waals surface area contributed by atoms with E-state index in [1.807, 2.05) is 42.5 Å². The van der Waals surface area contributed by atoms with E-state index in [-0.39, 0.29) is 11.8 Å². The highest BCUT2D eigenvalue weighted by Crippen LogP contribution is 2.34. The molecule has 2 saturated heterocycles. The molecule has 2 aliphatic heterocycles. The fourth-order valence-electron chi connectivity index (χ4n) is 4.28. The standard InChI is InChI=1S/C23H26N2O2/c26-22(20-4-2-1-3-5-20)24-14-17-10-12-21(13-11-17)23(27)25-15-18-6-7-19(16-25)9-8-18/h1-5,10-13,18-19H,6-9,14-16H2,(H,24,26). The highest BCUT2D eigenvalue weighted by Gasteiger charge is 2.31. The topological polar surface area (TPSA) is 49.4 Å². The van der Waals surface area contributed by atoms with Gasteiger partial charge >= 0.3 is 0 Å². The summed E-state index contributed by atoms with van der Waals surface area (Å²) in [5.74, 6) is 1.42. The third-order valence-electron chi connectivity index (χ3n) is 5.90. The van der Waals surface area contributed by atoms with Gasteiger partial charge in [-0.15, -0.1) is 0 Å². The van der Waals surface area contributed by atoms with E-state index in [9.17, 15) is 9.59 Å². The van der Waals surface area contributed by atoms with E-state index < -0.39 is 0 Å². The van der Waals surface area contributed by atoms with Crippen LogP contribution in [0.15, 0.2) is 54.6 Å². The maximum Gasteiger partial charge on any atom is 0.253 e. The average molecular weight is 362 g/mol. The predicted molar refractivity (Wildman–Crippen MR) is 105 cm³/mol. The number of rotatable bonds is 4. The van der Waals surface area contributed by atoms with Crippen molar-refractivity contribution in [1.82, 2.24) is 10.2 Å². The third-order valence-corrected chi connectivity index (χ3v) is 5.90. The molecule has 0 unspecified atom stereocenters. The number of nitrogens with zero attached hydrogens (tertiary/aromatic N) is 1. The van der Waals surface area contributed by atoms with Gasteiger partial charge in [0.1, 0.15) is 0 Å². The molecule has 5 rings (SSSR count). The predicted octanol–water partition coefficient (Wildman–Crippen LogP) is 3.88. The van der Waals surface area contributed by atoms with E-state index in [0.717, 1.165) is 24.2 Å². The Kier molecular flexibility index (Phi) is 5.23. The monoisotopic (exact) mass is 362 g/mol. The second-order valence-corrected chi connectivity index (χ2v) is 7.84. The summed E-state index contributed by atoms with van der Waals surface area (Å²) in [4.78, 5) is 27.1. The van der Waals surface area contributed by atoms with Gasteiger partial charge in [0.05, 0.1) is 0 Å². The van der Waals surface area contributed by atoms with E-state index >= 15 is 0 Å². The number of nitrogens with one attached hydrogen (secondary N) is 1. The highest BCUT2D eigenvalue weighted by molar-refractivity contribution is 5.95. The van der Waals surface area contributed by atoms with Crippen molar-refractivity contribution in [3.8, 4) is 0 Å². The number of amides is 2. The highest BCUT2D eigenvalue weighted by atomic mass is 16.2. The lowest BCUT2D eigenvalue weighted by molar-refractivity contribution is 0.0739. The second-order valence-electron chi connectivity index (χ2n) is 7.84. The van der Waals surface area contributed by atoms with Crippen molar-refractivity contribution >= 4 is 11.8 Å². The molecule has 2 amide bonds. The van der Waals surface area contributed by atoms with Crippen LogP contribution in [-0.2, 0) is 6.54 Å². The number of fused-ring (bicyclic) bond motifs is 4. The van der Waals surface area contributed by atoms with E-state index in [1.165, 1.54) is 25.7 Å². The van der Waals surface area contributed by atoms with Crippen molar-refractivity contribution in [2.24, 2.45) is 11.8 Å². The van der Waals surface area contributed by atoms with Crippen LogP contribution in [0.2, 0.25) is 0 Å². The molecule has 1 aliphatic carbocycles. The minimum absolute atomic E-state index is 0.0872. The lowest BCUT2D eigenvalue weighted by Crippen LogP contribution is -2.34. The molecule has 27 heavy (non-hydrogen) atoms.